The molecule has 0 aliphatic rings. The molecule has 0 unspecified atom stereocenters. The van der Waals surface area contributed by atoms with E-state index in [4.69, 9.17) is 4.74 Å². The summed E-state index contributed by atoms with van der Waals surface area (Å²) in [6, 6.07) is 7.94. The fourth-order valence-electron chi connectivity index (χ4n) is 1.77. The lowest BCUT2D eigenvalue weighted by atomic mass is 10.2. The van der Waals surface area contributed by atoms with Gasteiger partial charge >= 0.3 is 0 Å². The maximum absolute atomic E-state index is 11.5. The summed E-state index contributed by atoms with van der Waals surface area (Å²) in [5, 5.41) is 3.40. The van der Waals surface area contributed by atoms with Crippen LogP contribution >= 0.6 is 11.3 Å². The van der Waals surface area contributed by atoms with E-state index in [9.17, 15) is 4.79 Å². The Hall–Kier alpha value is -2.14. The van der Waals surface area contributed by atoms with Gasteiger partial charge in [0.05, 0.1) is 12.8 Å². The lowest BCUT2D eigenvalue weighted by molar-refractivity contribution is 0.0967. The zero-order valence-corrected chi connectivity index (χ0v) is 13.7. The minimum atomic E-state index is -0.106. The topological polar surface area (TPSA) is 51.2 Å². The van der Waals surface area contributed by atoms with Gasteiger partial charge in [-0.25, -0.2) is 4.98 Å². The highest BCUT2D eigenvalue weighted by atomic mass is 32.1. The number of nitrogens with one attached hydrogen (secondary N) is 1. The molecule has 1 heterocycles. The number of amides is 1. The van der Waals surface area contributed by atoms with Gasteiger partial charge < -0.3 is 10.1 Å². The van der Waals surface area contributed by atoms with Gasteiger partial charge in [0.2, 0.25) is 0 Å². The van der Waals surface area contributed by atoms with Crippen molar-refractivity contribution in [3.05, 3.63) is 45.9 Å². The average Bonchev–Trinajstić information content (AvgIpc) is 3.02. The molecule has 2 rings (SSSR count). The number of unbranched alkanes of at least 4 members (excludes halogenated alkanes) is 1. The number of aromatic nitrogens is 1. The van der Waals surface area contributed by atoms with Crippen LogP contribution in [-0.4, -0.2) is 24.5 Å². The number of carbonyl (C=O) groups is 1. The fourth-order valence-corrected chi connectivity index (χ4v) is 2.54. The van der Waals surface area contributed by atoms with E-state index >= 15 is 0 Å². The number of thiazole rings is 1. The Morgan fingerprint density at radius 3 is 2.77 bits per heavy atom. The molecule has 1 aromatic carbocycles. The number of nitrogens with zero attached hydrogens (tertiary/aromatic N) is 1. The molecule has 0 spiro atoms. The lowest BCUT2D eigenvalue weighted by Crippen LogP contribution is -2.16. The molecule has 0 bridgehead atoms. The zero-order chi connectivity index (χ0) is 15.8. The second-order valence-corrected chi connectivity index (χ2v) is 5.81. The van der Waals surface area contributed by atoms with Crippen molar-refractivity contribution < 1.29 is 9.53 Å². The van der Waals surface area contributed by atoms with E-state index in [1.54, 1.807) is 13.2 Å². The highest BCUT2D eigenvalue weighted by molar-refractivity contribution is 7.14. The third-order valence-electron chi connectivity index (χ3n) is 3.04. The third kappa shape index (κ3) is 4.70. The van der Waals surface area contributed by atoms with Crippen LogP contribution in [0.3, 0.4) is 0 Å². The van der Waals surface area contributed by atoms with Gasteiger partial charge in [0.15, 0.2) is 0 Å². The van der Waals surface area contributed by atoms with Crippen LogP contribution in [0.25, 0.3) is 12.2 Å². The van der Waals surface area contributed by atoms with Crippen molar-refractivity contribution in [2.45, 2.75) is 19.8 Å². The molecule has 0 saturated heterocycles. The molecule has 0 saturated carbocycles. The number of carbonyl (C=O) groups excluding carboxylic acids is 1. The highest BCUT2D eigenvalue weighted by Gasteiger charge is 2.06. The normalized spacial score (nSPS) is 10.8. The molecular formula is C17H20N2O2S. The van der Waals surface area contributed by atoms with Gasteiger partial charge in [-0.3, -0.25) is 4.79 Å². The smallest absolute Gasteiger partial charge is 0.262 e. The maximum Gasteiger partial charge on any atom is 0.262 e. The van der Waals surface area contributed by atoms with Gasteiger partial charge in [-0.2, -0.15) is 0 Å². The van der Waals surface area contributed by atoms with Gasteiger partial charge in [-0.15, -0.1) is 11.3 Å². The first kappa shape index (κ1) is 16.2. The highest BCUT2D eigenvalue weighted by Crippen LogP contribution is 2.18. The first-order chi connectivity index (χ1) is 10.7. The summed E-state index contributed by atoms with van der Waals surface area (Å²) in [5.41, 5.74) is 1.07. The Morgan fingerprint density at radius 2 is 2.09 bits per heavy atom. The van der Waals surface area contributed by atoms with E-state index in [-0.39, 0.29) is 5.91 Å². The van der Waals surface area contributed by atoms with Crippen LogP contribution in [0.1, 0.15) is 40.0 Å². The largest absolute Gasteiger partial charge is 0.494 e. The number of hydrogen-bond acceptors (Lipinski definition) is 4. The first-order valence-corrected chi connectivity index (χ1v) is 8.13. The molecule has 0 atom stereocenters. The van der Waals surface area contributed by atoms with E-state index < -0.39 is 0 Å². The van der Waals surface area contributed by atoms with Crippen molar-refractivity contribution in [1.29, 1.82) is 0 Å². The van der Waals surface area contributed by atoms with Crippen molar-refractivity contribution in [3.63, 3.8) is 0 Å². The van der Waals surface area contributed by atoms with Crippen molar-refractivity contribution in [2.75, 3.05) is 13.7 Å². The second-order valence-electron chi connectivity index (χ2n) is 4.75. The minimum Gasteiger partial charge on any atom is -0.494 e. The van der Waals surface area contributed by atoms with Gasteiger partial charge in [0.25, 0.3) is 5.91 Å². The first-order valence-electron chi connectivity index (χ1n) is 7.31. The summed E-state index contributed by atoms with van der Waals surface area (Å²) >= 11 is 1.37. The van der Waals surface area contributed by atoms with Crippen molar-refractivity contribution in [2.24, 2.45) is 0 Å². The summed E-state index contributed by atoms with van der Waals surface area (Å²) < 4.78 is 5.63. The molecule has 0 fully saturated rings. The Bertz CT molecular complexity index is 632. The quantitative estimate of drug-likeness (QED) is 0.789. The van der Waals surface area contributed by atoms with Crippen LogP contribution in [0.5, 0.6) is 5.75 Å². The molecule has 2 aromatic rings. The van der Waals surface area contributed by atoms with E-state index in [0.29, 0.717) is 4.88 Å². The van der Waals surface area contributed by atoms with Crippen LogP contribution < -0.4 is 10.1 Å². The number of ether oxygens (including phenoxy) is 1. The average molecular weight is 316 g/mol. The van der Waals surface area contributed by atoms with Gasteiger partial charge in [-0.05, 0) is 30.2 Å². The molecule has 4 nitrogen and oxygen atoms in total. The fraction of sp³-hybridized carbons (Fsp3) is 0.294. The Kier molecular flexibility index (Phi) is 6.15. The summed E-state index contributed by atoms with van der Waals surface area (Å²) in [4.78, 5) is 16.3. The van der Waals surface area contributed by atoms with Crippen LogP contribution in [-0.2, 0) is 0 Å². The summed E-state index contributed by atoms with van der Waals surface area (Å²) in [5.74, 6) is 0.785. The predicted molar refractivity (Wildman–Crippen MR) is 91.3 cm³/mol. The Balaban J connectivity index is 1.95. The molecular weight excluding hydrogens is 296 g/mol. The van der Waals surface area contributed by atoms with Crippen LogP contribution in [0.15, 0.2) is 30.5 Å². The Labute approximate surface area is 134 Å². The SMILES string of the molecule is CCCCOc1ccc(/C=C/c2ncc(C(=O)NC)s2)cc1. The summed E-state index contributed by atoms with van der Waals surface area (Å²) in [6.45, 7) is 2.90. The van der Waals surface area contributed by atoms with E-state index in [0.717, 1.165) is 35.8 Å². The van der Waals surface area contributed by atoms with E-state index in [1.807, 2.05) is 36.4 Å². The monoisotopic (exact) mass is 316 g/mol. The molecule has 1 aromatic heterocycles. The summed E-state index contributed by atoms with van der Waals surface area (Å²) in [7, 11) is 1.61. The molecule has 5 heteroatoms. The Morgan fingerprint density at radius 1 is 1.32 bits per heavy atom. The van der Waals surface area contributed by atoms with Crippen LogP contribution in [0.2, 0.25) is 0 Å². The molecule has 0 aliphatic heterocycles. The maximum atomic E-state index is 11.5. The molecule has 22 heavy (non-hydrogen) atoms. The standard InChI is InChI=1S/C17H20N2O2S/c1-3-4-11-21-14-8-5-13(6-9-14)7-10-16-19-12-15(22-16)17(20)18-2/h5-10,12H,3-4,11H2,1-2H3,(H,18,20)/b10-7+. The molecule has 1 amide bonds. The molecule has 0 radical (unpaired) electrons. The molecule has 1 N–H and O–H groups in total. The van der Waals surface area contributed by atoms with Gasteiger partial charge in [0.1, 0.15) is 15.6 Å². The summed E-state index contributed by atoms with van der Waals surface area (Å²) in [6.07, 6.45) is 7.67. The van der Waals surface area contributed by atoms with Gasteiger partial charge in [0, 0.05) is 7.05 Å². The lowest BCUT2D eigenvalue weighted by Gasteiger charge is -2.04. The second kappa shape index (κ2) is 8.34. The number of hydrogen-bond donors (Lipinski definition) is 1. The third-order valence-corrected chi connectivity index (χ3v) is 4.00. The van der Waals surface area contributed by atoms with Crippen LogP contribution in [0.4, 0.5) is 0 Å². The molecule has 0 aliphatic carbocycles. The van der Waals surface area contributed by atoms with E-state index in [2.05, 4.69) is 17.2 Å². The van der Waals surface area contributed by atoms with Crippen molar-refractivity contribution in [3.8, 4) is 5.75 Å². The molecule has 116 valence electrons. The number of rotatable bonds is 7. The van der Waals surface area contributed by atoms with Crippen molar-refractivity contribution >= 4 is 29.4 Å². The van der Waals surface area contributed by atoms with E-state index in [1.165, 1.54) is 11.3 Å². The van der Waals surface area contributed by atoms with Crippen molar-refractivity contribution in [1.82, 2.24) is 10.3 Å². The number of benzene rings is 1. The predicted octanol–water partition coefficient (Wildman–Crippen LogP) is 3.85. The minimum absolute atomic E-state index is 0.106. The zero-order valence-electron chi connectivity index (χ0n) is 12.8. The van der Waals surface area contributed by atoms with Gasteiger partial charge in [-0.1, -0.05) is 31.6 Å². The van der Waals surface area contributed by atoms with Crippen LogP contribution in [0, 0.1) is 0 Å².